The second kappa shape index (κ2) is 12.6. The topological polar surface area (TPSA) is 40.5 Å². The van der Waals surface area contributed by atoms with Crippen LogP contribution in [0.5, 0.6) is 5.75 Å². The molecular weight excluding hydrogens is 356 g/mol. The number of fused-ring (bicyclic) bond motifs is 1. The number of halogens is 1. The van der Waals surface area contributed by atoms with Crippen LogP contribution in [0.15, 0.2) is 24.3 Å². The number of aryl methyl sites for hydroxylation is 1. The molecule has 0 heterocycles. The van der Waals surface area contributed by atoms with Crippen molar-refractivity contribution in [1.29, 1.82) is 0 Å². The van der Waals surface area contributed by atoms with Crippen LogP contribution in [0.3, 0.4) is 0 Å². The van der Waals surface area contributed by atoms with Crippen LogP contribution in [0.4, 0.5) is 4.39 Å². The van der Waals surface area contributed by atoms with Crippen LogP contribution in [0, 0.1) is 18.2 Å². The van der Waals surface area contributed by atoms with Gasteiger partial charge in [-0.3, -0.25) is 0 Å². The van der Waals surface area contributed by atoms with Gasteiger partial charge in [0, 0.05) is 44.7 Å². The summed E-state index contributed by atoms with van der Waals surface area (Å²) in [5.41, 5.74) is 1.14. The minimum Gasteiger partial charge on any atom is -0.508 e. The maximum atomic E-state index is 13.5. The summed E-state index contributed by atoms with van der Waals surface area (Å²) in [5.74, 6) is 2.16. The molecule has 0 saturated heterocycles. The van der Waals surface area contributed by atoms with Gasteiger partial charge in [-0.25, -0.2) is 4.39 Å². The van der Waals surface area contributed by atoms with Crippen molar-refractivity contribution in [2.75, 3.05) is 6.61 Å². The SMILES string of the molecule is C#Cc1c(F)ccc2cc(O)cc(CC)c12.CC.CCO.[Y]. The van der Waals surface area contributed by atoms with Crippen LogP contribution in [0.2, 0.25) is 0 Å². The minimum atomic E-state index is -0.393. The van der Waals surface area contributed by atoms with E-state index in [1.54, 1.807) is 25.1 Å². The molecule has 22 heavy (non-hydrogen) atoms. The first kappa shape index (κ1) is 23.3. The third-order valence-corrected chi connectivity index (χ3v) is 2.66. The molecule has 2 nitrogen and oxygen atoms in total. The number of hydrogen-bond acceptors (Lipinski definition) is 2. The van der Waals surface area contributed by atoms with Crippen molar-refractivity contribution in [3.63, 3.8) is 0 Å². The van der Waals surface area contributed by atoms with E-state index in [2.05, 4.69) is 5.92 Å². The number of aromatic hydroxyl groups is 1. The summed E-state index contributed by atoms with van der Waals surface area (Å²) in [6, 6.07) is 6.18. The first-order valence-electron chi connectivity index (χ1n) is 7.10. The van der Waals surface area contributed by atoms with Crippen molar-refractivity contribution in [1.82, 2.24) is 0 Å². The number of rotatable bonds is 1. The summed E-state index contributed by atoms with van der Waals surface area (Å²) >= 11 is 0. The van der Waals surface area contributed by atoms with E-state index in [4.69, 9.17) is 11.5 Å². The van der Waals surface area contributed by atoms with Crippen molar-refractivity contribution in [2.24, 2.45) is 0 Å². The quantitative estimate of drug-likeness (QED) is 0.728. The third-order valence-electron chi connectivity index (χ3n) is 2.66. The Balaban J connectivity index is 0. The molecule has 0 unspecified atom stereocenters. The van der Waals surface area contributed by atoms with Crippen LogP contribution in [-0.2, 0) is 39.1 Å². The van der Waals surface area contributed by atoms with Gasteiger partial charge >= 0.3 is 0 Å². The van der Waals surface area contributed by atoms with Crippen molar-refractivity contribution < 1.29 is 47.3 Å². The Labute approximate surface area is 157 Å². The summed E-state index contributed by atoms with van der Waals surface area (Å²) in [7, 11) is 0. The van der Waals surface area contributed by atoms with E-state index in [-0.39, 0.29) is 50.6 Å². The fourth-order valence-electron chi connectivity index (χ4n) is 1.93. The molecule has 0 aromatic heterocycles. The number of phenolic OH excluding ortho intramolecular Hbond substituents is 1. The standard InChI is InChI=1S/C14H11FO.C2H6O.C2H6.Y/c1-3-9-7-11(16)8-10-5-6-13(15)12(4-2)14(9)10;1-2-3;1-2;/h2,5-8,16H,3H2,1H3;3H,2H2,1H3;1-2H3;. The first-order valence-corrected chi connectivity index (χ1v) is 7.10. The number of aliphatic hydroxyl groups excluding tert-OH is 1. The van der Waals surface area contributed by atoms with Crippen LogP contribution in [0.1, 0.15) is 38.8 Å². The largest absolute Gasteiger partial charge is 0.508 e. The molecular formula is C18H23FO2Y. The molecule has 0 saturated carbocycles. The van der Waals surface area contributed by atoms with Gasteiger partial charge in [0.1, 0.15) is 11.6 Å². The predicted molar refractivity (Wildman–Crippen MR) is 87.0 cm³/mol. The van der Waals surface area contributed by atoms with E-state index in [0.717, 1.165) is 16.3 Å². The van der Waals surface area contributed by atoms with Gasteiger partial charge in [0.05, 0.1) is 5.56 Å². The van der Waals surface area contributed by atoms with E-state index in [0.29, 0.717) is 6.42 Å². The molecule has 0 aliphatic rings. The number of phenols is 1. The maximum Gasteiger partial charge on any atom is 0.139 e. The van der Waals surface area contributed by atoms with E-state index >= 15 is 0 Å². The Morgan fingerprint density at radius 1 is 1.18 bits per heavy atom. The first-order chi connectivity index (χ1) is 10.1. The second-order valence-electron chi connectivity index (χ2n) is 3.94. The zero-order valence-electron chi connectivity index (χ0n) is 13.7. The Morgan fingerprint density at radius 3 is 2.18 bits per heavy atom. The summed E-state index contributed by atoms with van der Waals surface area (Å²) < 4.78 is 13.5. The Morgan fingerprint density at radius 2 is 1.73 bits per heavy atom. The monoisotopic (exact) mass is 379 g/mol. The van der Waals surface area contributed by atoms with Gasteiger partial charge in [-0.1, -0.05) is 32.8 Å². The Kier molecular flexibility index (Phi) is 13.3. The predicted octanol–water partition coefficient (Wildman–Crippen LogP) is 4.25. The average Bonchev–Trinajstić information content (AvgIpc) is 2.49. The van der Waals surface area contributed by atoms with Crippen molar-refractivity contribution >= 4 is 10.8 Å². The van der Waals surface area contributed by atoms with E-state index in [9.17, 15) is 9.50 Å². The normalized spacial score (nSPS) is 8.59. The molecule has 0 bridgehead atoms. The van der Waals surface area contributed by atoms with Gasteiger partial charge in [-0.15, -0.1) is 6.42 Å². The maximum absolute atomic E-state index is 13.5. The number of terminal acetylenes is 1. The Hall–Kier alpha value is -0.946. The van der Waals surface area contributed by atoms with Crippen LogP contribution in [0.25, 0.3) is 10.8 Å². The molecule has 0 spiro atoms. The zero-order valence-corrected chi connectivity index (χ0v) is 16.5. The third kappa shape index (κ3) is 6.04. The number of benzene rings is 2. The van der Waals surface area contributed by atoms with Gasteiger partial charge in [-0.2, -0.15) is 0 Å². The molecule has 0 fully saturated rings. The van der Waals surface area contributed by atoms with Crippen molar-refractivity contribution in [2.45, 2.75) is 34.1 Å². The fraction of sp³-hybridized carbons (Fsp3) is 0.333. The molecule has 0 aliphatic heterocycles. The molecule has 117 valence electrons. The van der Waals surface area contributed by atoms with Gasteiger partial charge in [0.2, 0.25) is 0 Å². The van der Waals surface area contributed by atoms with Crippen LogP contribution >= 0.6 is 0 Å². The van der Waals surface area contributed by atoms with Gasteiger partial charge in [0.15, 0.2) is 0 Å². The zero-order chi connectivity index (χ0) is 16.4. The molecule has 2 aromatic carbocycles. The van der Waals surface area contributed by atoms with Gasteiger partial charge in [-0.05, 0) is 42.5 Å². The molecule has 2 N–H and O–H groups in total. The summed E-state index contributed by atoms with van der Waals surface area (Å²) in [6.07, 6.45) is 6.02. The van der Waals surface area contributed by atoms with Gasteiger partial charge < -0.3 is 10.2 Å². The molecule has 2 aromatic rings. The fourth-order valence-corrected chi connectivity index (χ4v) is 1.93. The number of aliphatic hydroxyl groups is 1. The summed E-state index contributed by atoms with van der Waals surface area (Å²) in [5, 5.41) is 18.6. The van der Waals surface area contributed by atoms with Crippen LogP contribution in [-0.4, -0.2) is 16.8 Å². The molecule has 2 rings (SSSR count). The number of hydrogen-bond donors (Lipinski definition) is 2. The summed E-state index contributed by atoms with van der Waals surface area (Å²) in [6.45, 7) is 7.87. The van der Waals surface area contributed by atoms with Gasteiger partial charge in [0.25, 0.3) is 0 Å². The second-order valence-corrected chi connectivity index (χ2v) is 3.94. The van der Waals surface area contributed by atoms with Crippen molar-refractivity contribution in [3.05, 3.63) is 41.2 Å². The van der Waals surface area contributed by atoms with E-state index in [1.807, 2.05) is 20.8 Å². The minimum absolute atomic E-state index is 0. The average molecular weight is 379 g/mol. The molecule has 4 heteroatoms. The van der Waals surface area contributed by atoms with Crippen LogP contribution < -0.4 is 0 Å². The molecule has 0 amide bonds. The molecule has 0 aliphatic carbocycles. The summed E-state index contributed by atoms with van der Waals surface area (Å²) in [4.78, 5) is 0. The van der Waals surface area contributed by atoms with E-state index < -0.39 is 5.82 Å². The smallest absolute Gasteiger partial charge is 0.139 e. The van der Waals surface area contributed by atoms with Crippen molar-refractivity contribution in [3.8, 4) is 18.1 Å². The molecule has 1 radical (unpaired) electrons. The molecule has 0 atom stereocenters. The van der Waals surface area contributed by atoms with E-state index in [1.165, 1.54) is 6.07 Å². The Bertz CT molecular complexity index is 618.